The monoisotopic (exact) mass is 279 g/mol. The number of hydrogen-bond acceptors (Lipinski definition) is 3. The molecule has 0 bridgehead atoms. The molecule has 0 unspecified atom stereocenters. The highest BCUT2D eigenvalue weighted by Gasteiger charge is 2.06. The van der Waals surface area contributed by atoms with Crippen molar-refractivity contribution in [2.45, 2.75) is 18.7 Å². The van der Waals surface area contributed by atoms with E-state index in [-0.39, 0.29) is 4.90 Å². The standard InChI is InChI=1S/C7H9N.C7H8O3S/c1-6-3-2-4-7(8)5-6;1-6-2-4-7(5-3-6)11(8,9)10/h2-5H,8H2,1H3;2-5H,1H3,(H,8,9,10). The second-order valence-corrected chi connectivity index (χ2v) is 5.62. The summed E-state index contributed by atoms with van der Waals surface area (Å²) < 4.78 is 29.6. The first-order valence-corrected chi connectivity index (χ1v) is 7.09. The van der Waals surface area contributed by atoms with E-state index in [2.05, 4.69) is 0 Å². The summed E-state index contributed by atoms with van der Waals surface area (Å²) in [6.07, 6.45) is 0. The summed E-state index contributed by atoms with van der Waals surface area (Å²) in [5.41, 5.74) is 8.47. The predicted molar refractivity (Wildman–Crippen MR) is 76.6 cm³/mol. The second kappa shape index (κ2) is 6.36. The van der Waals surface area contributed by atoms with Crippen molar-refractivity contribution in [3.63, 3.8) is 0 Å². The summed E-state index contributed by atoms with van der Waals surface area (Å²) in [6.45, 7) is 3.87. The predicted octanol–water partition coefficient (Wildman–Crippen LogP) is 2.82. The lowest BCUT2D eigenvalue weighted by atomic mass is 10.2. The number of nitrogen functional groups attached to an aromatic ring is 1. The number of anilines is 1. The van der Waals surface area contributed by atoms with Crippen molar-refractivity contribution in [2.75, 3.05) is 5.73 Å². The third-order valence-corrected chi connectivity index (χ3v) is 3.23. The fourth-order valence-corrected chi connectivity index (χ4v) is 1.86. The van der Waals surface area contributed by atoms with Crippen molar-refractivity contribution in [3.05, 3.63) is 59.7 Å². The van der Waals surface area contributed by atoms with Crippen molar-refractivity contribution < 1.29 is 13.0 Å². The molecular formula is C14H17NO3S. The minimum absolute atomic E-state index is 0.0666. The molecule has 0 atom stereocenters. The Balaban J connectivity index is 0.000000200. The molecule has 5 heteroatoms. The molecule has 0 aliphatic heterocycles. The smallest absolute Gasteiger partial charge is 0.294 e. The van der Waals surface area contributed by atoms with Gasteiger partial charge in [0.2, 0.25) is 0 Å². The molecule has 0 amide bonds. The van der Waals surface area contributed by atoms with Crippen molar-refractivity contribution in [1.82, 2.24) is 0 Å². The van der Waals surface area contributed by atoms with E-state index < -0.39 is 10.1 Å². The summed E-state index contributed by atoms with van der Waals surface area (Å²) in [5.74, 6) is 0. The molecule has 0 aliphatic carbocycles. The third-order valence-electron chi connectivity index (χ3n) is 2.36. The highest BCUT2D eigenvalue weighted by Crippen LogP contribution is 2.08. The normalized spacial score (nSPS) is 10.5. The van der Waals surface area contributed by atoms with Crippen molar-refractivity contribution in [3.8, 4) is 0 Å². The largest absolute Gasteiger partial charge is 0.399 e. The number of aryl methyl sites for hydroxylation is 2. The van der Waals surface area contributed by atoms with E-state index in [1.807, 2.05) is 38.1 Å². The van der Waals surface area contributed by atoms with E-state index in [9.17, 15) is 8.42 Å². The molecule has 0 radical (unpaired) electrons. The van der Waals surface area contributed by atoms with Crippen LogP contribution in [-0.4, -0.2) is 13.0 Å². The van der Waals surface area contributed by atoms with Crippen LogP contribution in [0.3, 0.4) is 0 Å². The third kappa shape index (κ3) is 5.54. The fraction of sp³-hybridized carbons (Fsp3) is 0.143. The lowest BCUT2D eigenvalue weighted by Gasteiger charge is -1.95. The minimum atomic E-state index is -4.02. The molecule has 19 heavy (non-hydrogen) atoms. The van der Waals surface area contributed by atoms with Gasteiger partial charge in [0.25, 0.3) is 10.1 Å². The fourth-order valence-electron chi connectivity index (χ4n) is 1.38. The molecule has 0 spiro atoms. The highest BCUT2D eigenvalue weighted by atomic mass is 32.2. The summed E-state index contributed by atoms with van der Waals surface area (Å²) in [6, 6.07) is 13.8. The van der Waals surface area contributed by atoms with Gasteiger partial charge in [0.05, 0.1) is 4.90 Å². The maximum absolute atomic E-state index is 10.5. The Hall–Kier alpha value is -1.85. The van der Waals surface area contributed by atoms with Gasteiger partial charge in [-0.05, 0) is 43.7 Å². The van der Waals surface area contributed by atoms with Gasteiger partial charge in [-0.1, -0.05) is 29.8 Å². The maximum atomic E-state index is 10.5. The average molecular weight is 279 g/mol. The number of benzene rings is 2. The van der Waals surface area contributed by atoms with Crippen LogP contribution in [0.5, 0.6) is 0 Å². The minimum Gasteiger partial charge on any atom is -0.399 e. The van der Waals surface area contributed by atoms with Gasteiger partial charge in [0.1, 0.15) is 0 Å². The first-order chi connectivity index (χ1) is 8.79. The summed E-state index contributed by atoms with van der Waals surface area (Å²) in [5, 5.41) is 0. The Labute approximate surface area is 113 Å². The van der Waals surface area contributed by atoms with Gasteiger partial charge in [-0.15, -0.1) is 0 Å². The molecule has 2 aromatic rings. The Kier molecular flexibility index (Phi) is 5.09. The molecule has 4 nitrogen and oxygen atoms in total. The van der Waals surface area contributed by atoms with E-state index in [1.54, 1.807) is 12.1 Å². The maximum Gasteiger partial charge on any atom is 0.294 e. The zero-order chi connectivity index (χ0) is 14.5. The Morgan fingerprint density at radius 2 is 1.53 bits per heavy atom. The Morgan fingerprint density at radius 3 is 1.89 bits per heavy atom. The Bertz CT molecular complexity index is 617. The zero-order valence-electron chi connectivity index (χ0n) is 10.9. The molecule has 0 saturated carbocycles. The van der Waals surface area contributed by atoms with E-state index in [0.717, 1.165) is 11.3 Å². The molecule has 102 valence electrons. The molecule has 0 saturated heterocycles. The molecule has 3 N–H and O–H groups in total. The van der Waals surface area contributed by atoms with E-state index in [4.69, 9.17) is 10.3 Å². The first kappa shape index (κ1) is 15.2. The summed E-state index contributed by atoms with van der Waals surface area (Å²) >= 11 is 0. The SMILES string of the molecule is Cc1ccc(S(=O)(=O)O)cc1.Cc1cccc(N)c1. The van der Waals surface area contributed by atoms with Crippen LogP contribution < -0.4 is 5.73 Å². The Morgan fingerprint density at radius 1 is 0.947 bits per heavy atom. The average Bonchev–Trinajstić information content (AvgIpc) is 2.28. The molecule has 0 fully saturated rings. The van der Waals surface area contributed by atoms with Gasteiger partial charge in [-0.3, -0.25) is 4.55 Å². The van der Waals surface area contributed by atoms with Gasteiger partial charge in [-0.2, -0.15) is 8.42 Å². The topological polar surface area (TPSA) is 80.4 Å². The molecule has 0 aliphatic rings. The van der Waals surface area contributed by atoms with Crippen molar-refractivity contribution >= 4 is 15.8 Å². The molecule has 2 aromatic carbocycles. The van der Waals surface area contributed by atoms with Crippen LogP contribution in [0.1, 0.15) is 11.1 Å². The molecular weight excluding hydrogens is 262 g/mol. The van der Waals surface area contributed by atoms with Crippen LogP contribution in [-0.2, 0) is 10.1 Å². The van der Waals surface area contributed by atoms with Crippen molar-refractivity contribution in [2.24, 2.45) is 0 Å². The molecule has 0 aromatic heterocycles. The van der Waals surface area contributed by atoms with Gasteiger partial charge in [-0.25, -0.2) is 0 Å². The van der Waals surface area contributed by atoms with E-state index >= 15 is 0 Å². The van der Waals surface area contributed by atoms with Gasteiger partial charge in [0, 0.05) is 5.69 Å². The van der Waals surface area contributed by atoms with Crippen LogP contribution >= 0.6 is 0 Å². The highest BCUT2D eigenvalue weighted by molar-refractivity contribution is 7.85. The molecule has 0 heterocycles. The number of hydrogen-bond donors (Lipinski definition) is 2. The first-order valence-electron chi connectivity index (χ1n) is 5.65. The van der Waals surface area contributed by atoms with E-state index in [1.165, 1.54) is 17.7 Å². The van der Waals surface area contributed by atoms with Crippen molar-refractivity contribution in [1.29, 1.82) is 0 Å². The summed E-state index contributed by atoms with van der Waals surface area (Å²) in [7, 11) is -4.02. The van der Waals surface area contributed by atoms with Crippen LogP contribution in [0.4, 0.5) is 5.69 Å². The van der Waals surface area contributed by atoms with Gasteiger partial charge < -0.3 is 5.73 Å². The van der Waals surface area contributed by atoms with Gasteiger partial charge in [0.15, 0.2) is 0 Å². The van der Waals surface area contributed by atoms with Crippen LogP contribution in [0.2, 0.25) is 0 Å². The second-order valence-electron chi connectivity index (χ2n) is 4.20. The van der Waals surface area contributed by atoms with Crippen LogP contribution in [0, 0.1) is 13.8 Å². The quantitative estimate of drug-likeness (QED) is 0.621. The van der Waals surface area contributed by atoms with E-state index in [0.29, 0.717) is 0 Å². The lowest BCUT2D eigenvalue weighted by Crippen LogP contribution is -1.96. The van der Waals surface area contributed by atoms with Crippen LogP contribution in [0.15, 0.2) is 53.4 Å². The number of nitrogens with two attached hydrogens (primary N) is 1. The zero-order valence-corrected chi connectivity index (χ0v) is 11.7. The van der Waals surface area contributed by atoms with Crippen LogP contribution in [0.25, 0.3) is 0 Å². The lowest BCUT2D eigenvalue weighted by molar-refractivity contribution is 0.483. The number of rotatable bonds is 1. The summed E-state index contributed by atoms with van der Waals surface area (Å²) in [4.78, 5) is -0.0666. The molecule has 2 rings (SSSR count). The van der Waals surface area contributed by atoms with Gasteiger partial charge >= 0.3 is 0 Å².